The number of carbonyl (C=O) groups excluding carboxylic acids is 1. The Bertz CT molecular complexity index is 655. The Balaban J connectivity index is 2.53. The highest BCUT2D eigenvalue weighted by Gasteiger charge is 2.22. The van der Waals surface area contributed by atoms with Gasteiger partial charge in [0.05, 0.1) is 12.0 Å². The molecule has 1 heterocycles. The Kier molecular flexibility index (Phi) is 3.43. The second kappa shape index (κ2) is 5.02. The number of methoxy groups -OCH3 is 1. The fourth-order valence-corrected chi connectivity index (χ4v) is 1.67. The van der Waals surface area contributed by atoms with E-state index in [1.807, 2.05) is 0 Å². The van der Waals surface area contributed by atoms with Crippen LogP contribution in [-0.4, -0.2) is 32.8 Å². The number of halogens is 1. The SMILES string of the molecule is COC(=O)c1ncn(-c2cccc(Cl)c2[N+](=O)[O-])n1. The highest BCUT2D eigenvalue weighted by atomic mass is 35.5. The van der Waals surface area contributed by atoms with Crippen molar-refractivity contribution in [3.63, 3.8) is 0 Å². The van der Waals surface area contributed by atoms with Crippen molar-refractivity contribution in [3.05, 3.63) is 45.5 Å². The number of rotatable bonds is 3. The molecule has 9 heteroatoms. The molecule has 19 heavy (non-hydrogen) atoms. The van der Waals surface area contributed by atoms with Gasteiger partial charge in [-0.15, -0.1) is 5.10 Å². The summed E-state index contributed by atoms with van der Waals surface area (Å²) in [4.78, 5) is 25.3. The van der Waals surface area contributed by atoms with Crippen LogP contribution in [0.4, 0.5) is 5.69 Å². The van der Waals surface area contributed by atoms with Crippen LogP contribution in [0.1, 0.15) is 10.6 Å². The van der Waals surface area contributed by atoms with Gasteiger partial charge in [0.1, 0.15) is 17.0 Å². The quantitative estimate of drug-likeness (QED) is 0.482. The third-order valence-corrected chi connectivity index (χ3v) is 2.56. The van der Waals surface area contributed by atoms with Crippen molar-refractivity contribution in [3.8, 4) is 5.69 Å². The predicted octanol–water partition coefficient (Wildman–Crippen LogP) is 1.62. The zero-order valence-corrected chi connectivity index (χ0v) is 10.4. The second-order valence-corrected chi connectivity index (χ2v) is 3.78. The molecule has 0 N–H and O–H groups in total. The minimum atomic E-state index is -0.733. The molecule has 0 fully saturated rings. The molecule has 98 valence electrons. The molecule has 0 aliphatic carbocycles. The highest BCUT2D eigenvalue weighted by Crippen LogP contribution is 2.30. The van der Waals surface area contributed by atoms with Gasteiger partial charge in [0.25, 0.3) is 5.82 Å². The summed E-state index contributed by atoms with van der Waals surface area (Å²) in [5.41, 5.74) is -0.203. The van der Waals surface area contributed by atoms with Gasteiger partial charge in [0.15, 0.2) is 0 Å². The van der Waals surface area contributed by atoms with Crippen LogP contribution in [0.25, 0.3) is 5.69 Å². The normalized spacial score (nSPS) is 10.2. The summed E-state index contributed by atoms with van der Waals surface area (Å²) in [6.45, 7) is 0. The van der Waals surface area contributed by atoms with Gasteiger partial charge < -0.3 is 4.74 Å². The average Bonchev–Trinajstić information content (AvgIpc) is 2.86. The molecule has 0 spiro atoms. The smallest absolute Gasteiger partial charge is 0.377 e. The monoisotopic (exact) mass is 282 g/mol. The number of esters is 1. The van der Waals surface area contributed by atoms with Gasteiger partial charge in [-0.25, -0.2) is 14.5 Å². The van der Waals surface area contributed by atoms with Crippen molar-refractivity contribution in [2.24, 2.45) is 0 Å². The van der Waals surface area contributed by atoms with E-state index >= 15 is 0 Å². The lowest BCUT2D eigenvalue weighted by molar-refractivity contribution is -0.384. The van der Waals surface area contributed by atoms with E-state index in [4.69, 9.17) is 11.6 Å². The van der Waals surface area contributed by atoms with E-state index < -0.39 is 10.9 Å². The minimum absolute atomic E-state index is 0.0300. The molecule has 0 amide bonds. The lowest BCUT2D eigenvalue weighted by Gasteiger charge is -2.02. The van der Waals surface area contributed by atoms with Crippen molar-refractivity contribution >= 4 is 23.3 Å². The second-order valence-electron chi connectivity index (χ2n) is 3.37. The molecule has 0 atom stereocenters. The number of ether oxygens (including phenoxy) is 1. The Morgan fingerprint density at radius 2 is 2.26 bits per heavy atom. The molecule has 2 rings (SSSR count). The molecule has 0 aliphatic heterocycles. The number of carbonyl (C=O) groups is 1. The topological polar surface area (TPSA) is 100 Å². The summed E-state index contributed by atoms with van der Waals surface area (Å²) in [6, 6.07) is 4.37. The van der Waals surface area contributed by atoms with E-state index in [0.29, 0.717) is 0 Å². The number of hydrogen-bond acceptors (Lipinski definition) is 6. The van der Waals surface area contributed by atoms with Crippen molar-refractivity contribution in [1.29, 1.82) is 0 Å². The summed E-state index contributed by atoms with van der Waals surface area (Å²) in [5.74, 6) is -0.930. The molecular weight excluding hydrogens is 276 g/mol. The highest BCUT2D eigenvalue weighted by molar-refractivity contribution is 6.33. The van der Waals surface area contributed by atoms with Gasteiger partial charge >= 0.3 is 11.7 Å². The molecule has 0 bridgehead atoms. The Labute approximate surface area is 111 Å². The number of para-hydroxylation sites is 1. The number of nitro groups is 1. The third kappa shape index (κ3) is 2.38. The maximum Gasteiger partial charge on any atom is 0.377 e. The molecule has 0 saturated heterocycles. The number of aromatic nitrogens is 3. The number of hydrogen-bond donors (Lipinski definition) is 0. The molecular formula is C10H7ClN4O4. The van der Waals surface area contributed by atoms with Crippen LogP contribution in [0.5, 0.6) is 0 Å². The van der Waals surface area contributed by atoms with Gasteiger partial charge in [-0.2, -0.15) is 0 Å². The van der Waals surface area contributed by atoms with Crippen LogP contribution in [0.2, 0.25) is 5.02 Å². The summed E-state index contributed by atoms with van der Waals surface area (Å²) in [6.07, 6.45) is 1.17. The first-order valence-electron chi connectivity index (χ1n) is 4.98. The number of nitro benzene ring substituents is 1. The lowest BCUT2D eigenvalue weighted by Crippen LogP contribution is -2.06. The maximum absolute atomic E-state index is 11.2. The molecule has 1 aromatic heterocycles. The van der Waals surface area contributed by atoms with Crippen molar-refractivity contribution in [1.82, 2.24) is 14.8 Å². The standard InChI is InChI=1S/C10H7ClN4O4/c1-19-10(16)9-12-5-14(13-9)7-4-2-3-6(11)8(7)15(17)18/h2-5H,1H3. The van der Waals surface area contributed by atoms with Gasteiger partial charge in [0, 0.05) is 0 Å². The predicted molar refractivity (Wildman–Crippen MR) is 64.4 cm³/mol. The van der Waals surface area contributed by atoms with Crippen molar-refractivity contribution in [2.75, 3.05) is 7.11 Å². The first-order valence-corrected chi connectivity index (χ1v) is 5.35. The van der Waals surface area contributed by atoms with Crippen LogP contribution in [0.15, 0.2) is 24.5 Å². The fourth-order valence-electron chi connectivity index (χ4n) is 1.43. The minimum Gasteiger partial charge on any atom is -0.463 e. The van der Waals surface area contributed by atoms with Gasteiger partial charge in [-0.1, -0.05) is 17.7 Å². The van der Waals surface area contributed by atoms with Crippen molar-refractivity contribution < 1.29 is 14.5 Å². The molecule has 0 aliphatic rings. The number of nitrogens with zero attached hydrogens (tertiary/aromatic N) is 4. The van der Waals surface area contributed by atoms with Crippen LogP contribution in [0.3, 0.4) is 0 Å². The average molecular weight is 283 g/mol. The summed E-state index contributed by atoms with van der Waals surface area (Å²) < 4.78 is 5.54. The van der Waals surface area contributed by atoms with Crippen LogP contribution in [0, 0.1) is 10.1 Å². The Morgan fingerprint density at radius 1 is 1.53 bits per heavy atom. The van der Waals surface area contributed by atoms with Crippen LogP contribution < -0.4 is 0 Å². The van der Waals surface area contributed by atoms with Crippen LogP contribution >= 0.6 is 11.6 Å². The van der Waals surface area contributed by atoms with E-state index in [-0.39, 0.29) is 22.2 Å². The molecule has 2 aromatic rings. The third-order valence-electron chi connectivity index (χ3n) is 2.25. The lowest BCUT2D eigenvalue weighted by atomic mass is 10.3. The molecule has 1 aromatic carbocycles. The first kappa shape index (κ1) is 13.0. The van der Waals surface area contributed by atoms with Crippen LogP contribution in [-0.2, 0) is 4.74 Å². The molecule has 0 unspecified atom stereocenters. The van der Waals surface area contributed by atoms with E-state index in [1.54, 1.807) is 0 Å². The summed E-state index contributed by atoms with van der Waals surface area (Å²) in [7, 11) is 1.19. The number of benzene rings is 1. The molecule has 8 nitrogen and oxygen atoms in total. The fraction of sp³-hybridized carbons (Fsp3) is 0.100. The van der Waals surface area contributed by atoms with E-state index in [0.717, 1.165) is 4.68 Å². The van der Waals surface area contributed by atoms with Gasteiger partial charge in [-0.05, 0) is 12.1 Å². The Hall–Kier alpha value is -2.48. The first-order chi connectivity index (χ1) is 9.04. The largest absolute Gasteiger partial charge is 0.463 e. The van der Waals surface area contributed by atoms with Crippen molar-refractivity contribution in [2.45, 2.75) is 0 Å². The zero-order chi connectivity index (χ0) is 14.0. The van der Waals surface area contributed by atoms with E-state index in [9.17, 15) is 14.9 Å². The van der Waals surface area contributed by atoms with E-state index in [2.05, 4.69) is 14.8 Å². The summed E-state index contributed by atoms with van der Waals surface area (Å²) >= 11 is 5.78. The molecule has 0 saturated carbocycles. The van der Waals surface area contributed by atoms with Gasteiger partial charge in [0.2, 0.25) is 0 Å². The van der Waals surface area contributed by atoms with E-state index in [1.165, 1.54) is 31.6 Å². The summed E-state index contributed by atoms with van der Waals surface area (Å²) in [5, 5.41) is 14.8. The zero-order valence-electron chi connectivity index (χ0n) is 9.61. The molecule has 0 radical (unpaired) electrons. The Morgan fingerprint density at radius 3 is 2.89 bits per heavy atom. The maximum atomic E-state index is 11.2. The van der Waals surface area contributed by atoms with Gasteiger partial charge in [-0.3, -0.25) is 10.1 Å².